The lowest BCUT2D eigenvalue weighted by Crippen LogP contribution is -2.39. The monoisotopic (exact) mass is 232 g/mol. The van der Waals surface area contributed by atoms with E-state index in [1.165, 1.54) is 0 Å². The van der Waals surface area contributed by atoms with Gasteiger partial charge in [-0.05, 0) is 6.07 Å². The van der Waals surface area contributed by atoms with E-state index >= 15 is 0 Å². The summed E-state index contributed by atoms with van der Waals surface area (Å²) in [4.78, 5) is 23.7. The van der Waals surface area contributed by atoms with E-state index in [1.54, 1.807) is 0 Å². The number of anilines is 1. The first-order chi connectivity index (χ1) is 7.89. The average Bonchev–Trinajstić information content (AvgIpc) is 2.54. The third-order valence-electron chi connectivity index (χ3n) is 2.75. The number of benzene rings is 1. The number of nitrogens with one attached hydrogen (secondary N) is 2. The van der Waals surface area contributed by atoms with E-state index in [0.717, 1.165) is 11.3 Å². The van der Waals surface area contributed by atoms with Gasteiger partial charge in [0, 0.05) is 16.7 Å². The number of hydrogen-bond donors (Lipinski definition) is 2. The second-order valence-corrected chi connectivity index (χ2v) is 5.23. The van der Waals surface area contributed by atoms with E-state index in [1.807, 2.05) is 45.0 Å². The maximum Gasteiger partial charge on any atom is 0.251 e. The number of amides is 2. The van der Waals surface area contributed by atoms with E-state index in [4.69, 9.17) is 0 Å². The van der Waals surface area contributed by atoms with E-state index in [2.05, 4.69) is 10.6 Å². The summed E-state index contributed by atoms with van der Waals surface area (Å²) in [5, 5.41) is 5.52. The van der Waals surface area contributed by atoms with Gasteiger partial charge in [0.25, 0.3) is 5.91 Å². The molecule has 2 N–H and O–H groups in total. The maximum atomic E-state index is 11.9. The topological polar surface area (TPSA) is 58.2 Å². The smallest absolute Gasteiger partial charge is 0.251 e. The van der Waals surface area contributed by atoms with Gasteiger partial charge in [-0.15, -0.1) is 0 Å². The first-order valence-electron chi connectivity index (χ1n) is 5.60. The highest BCUT2D eigenvalue weighted by Gasteiger charge is 2.34. The molecule has 1 unspecified atom stereocenters. The number of carbonyl (C=O) groups excluding carboxylic acids is 2. The lowest BCUT2D eigenvalue weighted by Gasteiger charge is -2.20. The van der Waals surface area contributed by atoms with E-state index < -0.39 is 11.5 Å². The number of carbonyl (C=O) groups is 2. The van der Waals surface area contributed by atoms with Crippen molar-refractivity contribution >= 4 is 17.5 Å². The van der Waals surface area contributed by atoms with Crippen LogP contribution in [-0.2, 0) is 9.59 Å². The molecule has 0 aliphatic carbocycles. The lowest BCUT2D eigenvalue weighted by molar-refractivity contribution is -0.132. The van der Waals surface area contributed by atoms with Crippen molar-refractivity contribution in [1.82, 2.24) is 5.32 Å². The fourth-order valence-electron chi connectivity index (χ4n) is 1.70. The van der Waals surface area contributed by atoms with Crippen LogP contribution in [0.4, 0.5) is 5.69 Å². The predicted octanol–water partition coefficient (Wildman–Crippen LogP) is 1.84. The van der Waals surface area contributed by atoms with Crippen LogP contribution in [0.3, 0.4) is 0 Å². The molecular weight excluding hydrogens is 216 g/mol. The predicted molar refractivity (Wildman–Crippen MR) is 65.4 cm³/mol. The van der Waals surface area contributed by atoms with Crippen LogP contribution >= 0.6 is 0 Å². The Labute approximate surface area is 100 Å². The molecule has 1 heterocycles. The third kappa shape index (κ3) is 2.16. The van der Waals surface area contributed by atoms with Gasteiger partial charge < -0.3 is 10.6 Å². The molecule has 0 bridgehead atoms. The van der Waals surface area contributed by atoms with E-state index in [0.29, 0.717) is 0 Å². The van der Waals surface area contributed by atoms with Crippen LogP contribution in [0.5, 0.6) is 0 Å². The Hall–Kier alpha value is -1.84. The molecule has 4 heteroatoms. The third-order valence-corrected chi connectivity index (χ3v) is 2.75. The molecule has 1 aliphatic heterocycles. The van der Waals surface area contributed by atoms with Crippen LogP contribution in [0.15, 0.2) is 24.3 Å². The number of rotatable bonds is 1. The molecule has 0 fully saturated rings. The van der Waals surface area contributed by atoms with Crippen LogP contribution in [0.2, 0.25) is 0 Å². The molecule has 2 amide bonds. The molecule has 1 aromatic rings. The van der Waals surface area contributed by atoms with Gasteiger partial charge in [-0.3, -0.25) is 9.59 Å². The molecule has 1 aliphatic rings. The molecule has 0 saturated heterocycles. The minimum Gasteiger partial charge on any atom is -0.340 e. The van der Waals surface area contributed by atoms with Crippen molar-refractivity contribution in [3.8, 4) is 0 Å². The Kier molecular flexibility index (Phi) is 2.65. The van der Waals surface area contributed by atoms with Gasteiger partial charge in [0.1, 0.15) is 6.04 Å². The van der Waals surface area contributed by atoms with Crippen LogP contribution in [0.25, 0.3) is 0 Å². The van der Waals surface area contributed by atoms with Crippen molar-refractivity contribution in [1.29, 1.82) is 0 Å². The lowest BCUT2D eigenvalue weighted by atomic mass is 9.94. The Morgan fingerprint density at radius 3 is 2.59 bits per heavy atom. The summed E-state index contributed by atoms with van der Waals surface area (Å²) in [6.45, 7) is 5.46. The summed E-state index contributed by atoms with van der Waals surface area (Å²) in [7, 11) is 0. The summed E-state index contributed by atoms with van der Waals surface area (Å²) in [6, 6.07) is 6.82. The fraction of sp³-hybridized carbons (Fsp3) is 0.385. The van der Waals surface area contributed by atoms with E-state index in [-0.39, 0.29) is 11.8 Å². The number of para-hydroxylation sites is 1. The highest BCUT2D eigenvalue weighted by atomic mass is 16.2. The summed E-state index contributed by atoms with van der Waals surface area (Å²) in [5.74, 6) is -0.307. The molecule has 0 aromatic heterocycles. The molecular formula is C13H16N2O2. The van der Waals surface area contributed by atoms with Crippen molar-refractivity contribution in [3.05, 3.63) is 29.8 Å². The summed E-state index contributed by atoms with van der Waals surface area (Å²) < 4.78 is 0. The Morgan fingerprint density at radius 1 is 1.29 bits per heavy atom. The van der Waals surface area contributed by atoms with Gasteiger partial charge >= 0.3 is 0 Å². The molecule has 4 nitrogen and oxygen atoms in total. The van der Waals surface area contributed by atoms with Crippen molar-refractivity contribution in [2.24, 2.45) is 5.41 Å². The molecule has 1 aromatic carbocycles. The van der Waals surface area contributed by atoms with Crippen LogP contribution < -0.4 is 10.6 Å². The van der Waals surface area contributed by atoms with Crippen molar-refractivity contribution in [2.75, 3.05) is 5.32 Å². The number of fused-ring (bicyclic) bond motifs is 1. The first kappa shape index (κ1) is 11.6. The molecule has 17 heavy (non-hydrogen) atoms. The minimum absolute atomic E-state index is 0.130. The van der Waals surface area contributed by atoms with Gasteiger partial charge in [0.2, 0.25) is 5.91 Å². The highest BCUT2D eigenvalue weighted by molar-refractivity contribution is 6.04. The fourth-order valence-corrected chi connectivity index (χ4v) is 1.70. The molecule has 90 valence electrons. The summed E-state index contributed by atoms with van der Waals surface area (Å²) >= 11 is 0. The van der Waals surface area contributed by atoms with Crippen molar-refractivity contribution in [3.63, 3.8) is 0 Å². The summed E-state index contributed by atoms with van der Waals surface area (Å²) in [6.07, 6.45) is 0. The van der Waals surface area contributed by atoms with Gasteiger partial charge in [-0.2, -0.15) is 0 Å². The Morgan fingerprint density at radius 2 is 1.94 bits per heavy atom. The first-order valence-corrected chi connectivity index (χ1v) is 5.60. The Bertz CT molecular complexity index is 475. The normalized spacial score (nSPS) is 18.5. The highest BCUT2D eigenvalue weighted by Crippen LogP contribution is 2.30. The second-order valence-electron chi connectivity index (χ2n) is 5.23. The SMILES string of the molecule is CC(C)(C)C(=O)NC1C(=O)Nc2ccccc21. The van der Waals surface area contributed by atoms with Gasteiger partial charge in [0.15, 0.2) is 0 Å². The average molecular weight is 232 g/mol. The zero-order chi connectivity index (χ0) is 12.6. The van der Waals surface area contributed by atoms with Gasteiger partial charge in [0.05, 0.1) is 0 Å². The van der Waals surface area contributed by atoms with Crippen LogP contribution in [0.1, 0.15) is 32.4 Å². The van der Waals surface area contributed by atoms with Gasteiger partial charge in [-0.1, -0.05) is 39.0 Å². The molecule has 0 spiro atoms. The van der Waals surface area contributed by atoms with E-state index in [9.17, 15) is 9.59 Å². The molecule has 2 rings (SSSR count). The second kappa shape index (κ2) is 3.87. The minimum atomic E-state index is -0.571. The maximum absolute atomic E-state index is 11.9. The molecule has 1 atom stereocenters. The van der Waals surface area contributed by atoms with Gasteiger partial charge in [-0.25, -0.2) is 0 Å². The quantitative estimate of drug-likeness (QED) is 0.776. The van der Waals surface area contributed by atoms with Crippen LogP contribution in [0, 0.1) is 5.41 Å². The largest absolute Gasteiger partial charge is 0.340 e. The van der Waals surface area contributed by atoms with Crippen molar-refractivity contribution < 1.29 is 9.59 Å². The summed E-state index contributed by atoms with van der Waals surface area (Å²) in [5.41, 5.74) is 1.10. The Balaban J connectivity index is 2.23. The van der Waals surface area contributed by atoms with Crippen molar-refractivity contribution in [2.45, 2.75) is 26.8 Å². The zero-order valence-corrected chi connectivity index (χ0v) is 10.2. The van der Waals surface area contributed by atoms with Crippen LogP contribution in [-0.4, -0.2) is 11.8 Å². The molecule has 0 saturated carbocycles. The number of hydrogen-bond acceptors (Lipinski definition) is 2. The standard InChI is InChI=1S/C13H16N2O2/c1-13(2,3)12(17)15-10-8-6-4-5-7-9(8)14-11(10)16/h4-7,10H,1-3H3,(H,14,16)(H,15,17). The zero-order valence-electron chi connectivity index (χ0n) is 10.2. The molecule has 0 radical (unpaired) electrons.